The fourth-order valence-corrected chi connectivity index (χ4v) is 1.92. The van der Waals surface area contributed by atoms with Gasteiger partial charge in [-0.3, -0.25) is 4.98 Å². The van der Waals surface area contributed by atoms with Gasteiger partial charge in [-0.05, 0) is 36.8 Å². The molecule has 2 rings (SSSR count). The van der Waals surface area contributed by atoms with Gasteiger partial charge in [-0.15, -0.1) is 0 Å². The Labute approximate surface area is 123 Å². The molecule has 0 aliphatic carbocycles. The lowest BCUT2D eigenvalue weighted by Gasteiger charge is -2.12. The third-order valence-electron chi connectivity index (χ3n) is 2.77. The van der Waals surface area contributed by atoms with Gasteiger partial charge in [0.05, 0.1) is 7.11 Å². The Balaban J connectivity index is 2.15. The highest BCUT2D eigenvalue weighted by Crippen LogP contribution is 2.28. The molecule has 104 valence electrons. The van der Waals surface area contributed by atoms with E-state index in [9.17, 15) is 0 Å². The van der Waals surface area contributed by atoms with E-state index < -0.39 is 0 Å². The molecule has 0 bridgehead atoms. The van der Waals surface area contributed by atoms with E-state index in [0.29, 0.717) is 23.1 Å². The van der Waals surface area contributed by atoms with Crippen LogP contribution >= 0.6 is 12.2 Å². The van der Waals surface area contributed by atoms with Gasteiger partial charge in [0.1, 0.15) is 11.6 Å². The predicted molar refractivity (Wildman–Crippen MR) is 82.2 cm³/mol. The maximum Gasteiger partial charge on any atom is 0.161 e. The van der Waals surface area contributed by atoms with Gasteiger partial charge in [-0.1, -0.05) is 12.2 Å². The summed E-state index contributed by atoms with van der Waals surface area (Å²) in [4.78, 5) is 4.46. The summed E-state index contributed by atoms with van der Waals surface area (Å²) in [6, 6.07) is 7.42. The molecule has 0 aliphatic heterocycles. The van der Waals surface area contributed by atoms with Crippen molar-refractivity contribution in [2.45, 2.75) is 13.5 Å². The van der Waals surface area contributed by atoms with E-state index in [1.54, 1.807) is 31.6 Å². The maximum absolute atomic E-state index is 5.75. The van der Waals surface area contributed by atoms with E-state index in [-0.39, 0.29) is 0 Å². The fourth-order valence-electron chi connectivity index (χ4n) is 1.80. The number of pyridine rings is 1. The van der Waals surface area contributed by atoms with Gasteiger partial charge >= 0.3 is 0 Å². The number of ether oxygens (including phenoxy) is 2. The van der Waals surface area contributed by atoms with Crippen LogP contribution in [0.4, 0.5) is 0 Å². The number of benzene rings is 1. The lowest BCUT2D eigenvalue weighted by atomic mass is 10.2. The van der Waals surface area contributed by atoms with Crippen LogP contribution in [0.15, 0.2) is 36.7 Å². The molecule has 0 atom stereocenters. The van der Waals surface area contributed by atoms with Crippen LogP contribution in [0.2, 0.25) is 0 Å². The van der Waals surface area contributed by atoms with Crippen molar-refractivity contribution in [2.75, 3.05) is 7.11 Å². The molecule has 0 aliphatic rings. The van der Waals surface area contributed by atoms with Crippen LogP contribution in [0.25, 0.3) is 0 Å². The zero-order valence-corrected chi connectivity index (χ0v) is 12.2. The summed E-state index contributed by atoms with van der Waals surface area (Å²) in [6.07, 6.45) is 3.59. The molecule has 4 nitrogen and oxygen atoms in total. The van der Waals surface area contributed by atoms with Gasteiger partial charge in [-0.25, -0.2) is 0 Å². The van der Waals surface area contributed by atoms with Crippen molar-refractivity contribution in [3.63, 3.8) is 0 Å². The molecule has 0 unspecified atom stereocenters. The van der Waals surface area contributed by atoms with Crippen LogP contribution in [-0.2, 0) is 6.61 Å². The first kappa shape index (κ1) is 14.3. The summed E-state index contributed by atoms with van der Waals surface area (Å²) in [5, 5.41) is 0. The smallest absolute Gasteiger partial charge is 0.161 e. The highest BCUT2D eigenvalue weighted by atomic mass is 32.1. The van der Waals surface area contributed by atoms with E-state index >= 15 is 0 Å². The number of aromatic nitrogens is 1. The van der Waals surface area contributed by atoms with Crippen LogP contribution in [0, 0.1) is 6.92 Å². The molecule has 0 spiro atoms. The zero-order chi connectivity index (χ0) is 14.5. The SMILES string of the molecule is COc1cc(C(N)=S)ccc1OCc1cncc(C)c1. The second-order valence-electron chi connectivity index (χ2n) is 4.39. The Morgan fingerprint density at radius 2 is 2.05 bits per heavy atom. The molecule has 0 saturated heterocycles. The first-order chi connectivity index (χ1) is 9.60. The number of rotatable bonds is 5. The molecule has 20 heavy (non-hydrogen) atoms. The summed E-state index contributed by atoms with van der Waals surface area (Å²) in [5.41, 5.74) is 8.45. The minimum Gasteiger partial charge on any atom is -0.493 e. The standard InChI is InChI=1S/C15H16N2O2S/c1-10-5-11(8-17-7-10)9-19-13-4-3-12(15(16)20)6-14(13)18-2/h3-8H,9H2,1-2H3,(H2,16,20). The molecule has 1 heterocycles. The van der Waals surface area contributed by atoms with Crippen molar-refractivity contribution in [1.82, 2.24) is 4.98 Å². The highest BCUT2D eigenvalue weighted by molar-refractivity contribution is 7.80. The third-order valence-corrected chi connectivity index (χ3v) is 3.01. The topological polar surface area (TPSA) is 57.4 Å². The van der Waals surface area contributed by atoms with Crippen LogP contribution in [-0.4, -0.2) is 17.1 Å². The monoisotopic (exact) mass is 288 g/mol. The molecule has 0 radical (unpaired) electrons. The average Bonchev–Trinajstić information content (AvgIpc) is 2.45. The molecule has 2 N–H and O–H groups in total. The number of thiocarbonyl (C=S) groups is 1. The molecule has 1 aromatic carbocycles. The predicted octanol–water partition coefficient (Wildman–Crippen LogP) is 2.61. The molecule has 5 heteroatoms. The van der Waals surface area contributed by atoms with Crippen molar-refractivity contribution in [3.8, 4) is 11.5 Å². The van der Waals surface area contributed by atoms with Gasteiger partial charge in [0.25, 0.3) is 0 Å². The van der Waals surface area contributed by atoms with Gasteiger partial charge < -0.3 is 15.2 Å². The summed E-state index contributed by atoms with van der Waals surface area (Å²) >= 11 is 4.94. The van der Waals surface area contributed by atoms with E-state index in [4.69, 9.17) is 27.4 Å². The first-order valence-corrected chi connectivity index (χ1v) is 6.52. The van der Waals surface area contributed by atoms with Crippen molar-refractivity contribution in [2.24, 2.45) is 5.73 Å². The van der Waals surface area contributed by atoms with E-state index in [0.717, 1.165) is 16.7 Å². The van der Waals surface area contributed by atoms with Gasteiger partial charge in [0.2, 0.25) is 0 Å². The van der Waals surface area contributed by atoms with Crippen molar-refractivity contribution < 1.29 is 9.47 Å². The minimum atomic E-state index is 0.331. The normalized spacial score (nSPS) is 10.1. The quantitative estimate of drug-likeness (QED) is 0.857. The Hall–Kier alpha value is -2.14. The lowest BCUT2D eigenvalue weighted by Crippen LogP contribution is -2.09. The van der Waals surface area contributed by atoms with E-state index in [1.165, 1.54) is 0 Å². The number of aryl methyl sites for hydroxylation is 1. The van der Waals surface area contributed by atoms with Crippen molar-refractivity contribution >= 4 is 17.2 Å². The molecular weight excluding hydrogens is 272 g/mol. The fraction of sp³-hybridized carbons (Fsp3) is 0.200. The number of methoxy groups -OCH3 is 1. The zero-order valence-electron chi connectivity index (χ0n) is 11.4. The lowest BCUT2D eigenvalue weighted by molar-refractivity contribution is 0.284. The summed E-state index contributed by atoms with van der Waals surface area (Å²) < 4.78 is 11.0. The molecule has 0 fully saturated rings. The van der Waals surface area contributed by atoms with Gasteiger partial charge in [0, 0.05) is 23.5 Å². The second-order valence-corrected chi connectivity index (χ2v) is 4.83. The third kappa shape index (κ3) is 3.45. The van der Waals surface area contributed by atoms with Crippen LogP contribution in [0.1, 0.15) is 16.7 Å². The van der Waals surface area contributed by atoms with Gasteiger partial charge in [-0.2, -0.15) is 0 Å². The number of hydrogen-bond donors (Lipinski definition) is 1. The Morgan fingerprint density at radius 3 is 2.70 bits per heavy atom. The van der Waals surface area contributed by atoms with Crippen LogP contribution in [0.5, 0.6) is 11.5 Å². The van der Waals surface area contributed by atoms with Crippen LogP contribution in [0.3, 0.4) is 0 Å². The molecule has 0 amide bonds. The van der Waals surface area contributed by atoms with Crippen molar-refractivity contribution in [3.05, 3.63) is 53.3 Å². The summed E-state index contributed by atoms with van der Waals surface area (Å²) in [6.45, 7) is 2.42. The second kappa shape index (κ2) is 6.34. The molecule has 0 saturated carbocycles. The molecule has 1 aromatic heterocycles. The summed E-state index contributed by atoms with van der Waals surface area (Å²) in [7, 11) is 1.58. The molecule has 2 aromatic rings. The average molecular weight is 288 g/mol. The van der Waals surface area contributed by atoms with Crippen molar-refractivity contribution in [1.29, 1.82) is 0 Å². The van der Waals surface area contributed by atoms with E-state index in [1.807, 2.05) is 19.1 Å². The first-order valence-electron chi connectivity index (χ1n) is 6.11. The Morgan fingerprint density at radius 1 is 1.25 bits per heavy atom. The van der Waals surface area contributed by atoms with Gasteiger partial charge in [0.15, 0.2) is 11.5 Å². The Bertz CT molecular complexity index is 629. The minimum absolute atomic E-state index is 0.331. The highest BCUT2D eigenvalue weighted by Gasteiger charge is 2.07. The Kier molecular flexibility index (Phi) is 4.53. The van der Waals surface area contributed by atoms with Crippen LogP contribution < -0.4 is 15.2 Å². The van der Waals surface area contributed by atoms with E-state index in [2.05, 4.69) is 4.98 Å². The molecular formula is C15H16N2O2S. The number of nitrogens with zero attached hydrogens (tertiary/aromatic N) is 1. The number of nitrogens with two attached hydrogens (primary N) is 1. The largest absolute Gasteiger partial charge is 0.493 e. The maximum atomic E-state index is 5.75. The number of hydrogen-bond acceptors (Lipinski definition) is 4. The summed E-state index contributed by atoms with van der Waals surface area (Å²) in [5.74, 6) is 1.25.